The molecule has 1 N–H and O–H groups in total. The smallest absolute Gasteiger partial charge is 0.127 e. The maximum absolute atomic E-state index is 13.5. The highest BCUT2D eigenvalue weighted by atomic mass is 35.5. The fourth-order valence-corrected chi connectivity index (χ4v) is 2.21. The first-order valence-electron chi connectivity index (χ1n) is 6.36. The molecule has 0 fully saturated rings. The Balaban J connectivity index is 1.84. The summed E-state index contributed by atoms with van der Waals surface area (Å²) in [5.74, 6) is -0.215. The fourth-order valence-electron chi connectivity index (χ4n) is 2.02. The van der Waals surface area contributed by atoms with Crippen molar-refractivity contribution in [1.29, 1.82) is 0 Å². The minimum atomic E-state index is -0.215. The summed E-state index contributed by atoms with van der Waals surface area (Å²) in [5, 5.41) is 3.81. The van der Waals surface area contributed by atoms with Gasteiger partial charge in [0.05, 0.1) is 0 Å². The number of aryl methyl sites for hydroxylation is 1. The van der Waals surface area contributed by atoms with E-state index in [1.165, 1.54) is 17.2 Å². The molecule has 100 valence electrons. The maximum atomic E-state index is 13.5. The second-order valence-corrected chi connectivity index (χ2v) is 5.03. The standard InChI is InChI=1S/C16H17ClFN/c1-12-4-2-3-5-13(12)8-9-19-11-14-10-15(17)6-7-16(14)18/h2-7,10,19H,8-9,11H2,1H3. The Morgan fingerprint density at radius 2 is 1.89 bits per heavy atom. The maximum Gasteiger partial charge on any atom is 0.127 e. The Kier molecular flexibility index (Phi) is 4.94. The van der Waals surface area contributed by atoms with Crippen LogP contribution in [-0.4, -0.2) is 6.54 Å². The molecule has 0 atom stereocenters. The first-order valence-corrected chi connectivity index (χ1v) is 6.74. The number of hydrogen-bond acceptors (Lipinski definition) is 1. The number of halogens is 2. The number of rotatable bonds is 5. The van der Waals surface area contributed by atoms with Crippen LogP contribution in [0.5, 0.6) is 0 Å². The summed E-state index contributed by atoms with van der Waals surface area (Å²) in [5.41, 5.74) is 3.22. The minimum absolute atomic E-state index is 0.215. The Bertz CT molecular complexity index is 554. The van der Waals surface area contributed by atoms with Crippen LogP contribution in [0.15, 0.2) is 42.5 Å². The largest absolute Gasteiger partial charge is 0.312 e. The zero-order valence-electron chi connectivity index (χ0n) is 10.9. The highest BCUT2D eigenvalue weighted by Gasteiger charge is 2.02. The first-order chi connectivity index (χ1) is 9.16. The van der Waals surface area contributed by atoms with Crippen LogP contribution in [0.3, 0.4) is 0 Å². The van der Waals surface area contributed by atoms with Crippen LogP contribution in [0.2, 0.25) is 5.02 Å². The average Bonchev–Trinajstić information content (AvgIpc) is 2.40. The highest BCUT2D eigenvalue weighted by molar-refractivity contribution is 6.30. The van der Waals surface area contributed by atoms with E-state index >= 15 is 0 Å². The van der Waals surface area contributed by atoms with Crippen LogP contribution < -0.4 is 5.32 Å². The van der Waals surface area contributed by atoms with Crippen molar-refractivity contribution < 1.29 is 4.39 Å². The number of hydrogen-bond donors (Lipinski definition) is 1. The minimum Gasteiger partial charge on any atom is -0.312 e. The molecule has 0 spiro atoms. The Morgan fingerprint density at radius 1 is 1.11 bits per heavy atom. The second-order valence-electron chi connectivity index (χ2n) is 4.59. The molecule has 3 heteroatoms. The third kappa shape index (κ3) is 4.05. The molecular weight excluding hydrogens is 261 g/mol. The molecule has 1 nitrogen and oxygen atoms in total. The summed E-state index contributed by atoms with van der Waals surface area (Å²) in [6.45, 7) is 3.42. The van der Waals surface area contributed by atoms with Crippen molar-refractivity contribution >= 4 is 11.6 Å². The van der Waals surface area contributed by atoms with E-state index in [2.05, 4.69) is 24.4 Å². The molecule has 0 saturated heterocycles. The Hall–Kier alpha value is -1.38. The quantitative estimate of drug-likeness (QED) is 0.811. The molecule has 0 radical (unpaired) electrons. The van der Waals surface area contributed by atoms with E-state index in [1.807, 2.05) is 12.1 Å². The topological polar surface area (TPSA) is 12.0 Å². The van der Waals surface area contributed by atoms with Crippen molar-refractivity contribution in [2.75, 3.05) is 6.54 Å². The molecular formula is C16H17ClFN. The lowest BCUT2D eigenvalue weighted by atomic mass is 10.1. The van der Waals surface area contributed by atoms with E-state index in [0.717, 1.165) is 13.0 Å². The van der Waals surface area contributed by atoms with Gasteiger partial charge in [-0.2, -0.15) is 0 Å². The van der Waals surface area contributed by atoms with Crippen molar-refractivity contribution in [3.05, 3.63) is 70.0 Å². The summed E-state index contributed by atoms with van der Waals surface area (Å²) >= 11 is 5.85. The van der Waals surface area contributed by atoms with Crippen molar-refractivity contribution in [1.82, 2.24) is 5.32 Å². The second kappa shape index (κ2) is 6.69. The normalized spacial score (nSPS) is 10.7. The number of nitrogens with one attached hydrogen (secondary N) is 1. The molecule has 0 aliphatic heterocycles. The van der Waals surface area contributed by atoms with Gasteiger partial charge in [-0.3, -0.25) is 0 Å². The van der Waals surface area contributed by atoms with Crippen LogP contribution in [0.4, 0.5) is 4.39 Å². The van der Waals surface area contributed by atoms with Gasteiger partial charge in [0, 0.05) is 17.1 Å². The van der Waals surface area contributed by atoms with Crippen LogP contribution in [0, 0.1) is 12.7 Å². The molecule has 0 amide bonds. The molecule has 2 rings (SSSR count). The lowest BCUT2D eigenvalue weighted by Crippen LogP contribution is -2.17. The van der Waals surface area contributed by atoms with Gasteiger partial charge in [-0.05, 0) is 49.2 Å². The van der Waals surface area contributed by atoms with Crippen molar-refractivity contribution in [3.63, 3.8) is 0 Å². The van der Waals surface area contributed by atoms with Crippen molar-refractivity contribution in [3.8, 4) is 0 Å². The molecule has 0 aliphatic carbocycles. The summed E-state index contributed by atoms with van der Waals surface area (Å²) in [6, 6.07) is 12.9. The van der Waals surface area contributed by atoms with E-state index in [4.69, 9.17) is 11.6 Å². The lowest BCUT2D eigenvalue weighted by Gasteiger charge is -2.08. The summed E-state index contributed by atoms with van der Waals surface area (Å²) in [4.78, 5) is 0. The van der Waals surface area contributed by atoms with Crippen LogP contribution in [0.1, 0.15) is 16.7 Å². The molecule has 0 unspecified atom stereocenters. The summed E-state index contributed by atoms with van der Waals surface area (Å²) in [6.07, 6.45) is 0.939. The lowest BCUT2D eigenvalue weighted by molar-refractivity contribution is 0.588. The summed E-state index contributed by atoms with van der Waals surface area (Å²) < 4.78 is 13.5. The molecule has 0 aromatic heterocycles. The van der Waals surface area contributed by atoms with Gasteiger partial charge in [0.25, 0.3) is 0 Å². The van der Waals surface area contributed by atoms with Gasteiger partial charge in [0.1, 0.15) is 5.82 Å². The predicted octanol–water partition coefficient (Wildman–Crippen LogP) is 4.12. The van der Waals surface area contributed by atoms with Gasteiger partial charge in [-0.25, -0.2) is 4.39 Å². The van der Waals surface area contributed by atoms with Gasteiger partial charge in [-0.1, -0.05) is 35.9 Å². The summed E-state index contributed by atoms with van der Waals surface area (Å²) in [7, 11) is 0. The molecule has 0 bridgehead atoms. The predicted molar refractivity (Wildman–Crippen MR) is 78.0 cm³/mol. The zero-order valence-corrected chi connectivity index (χ0v) is 11.7. The average molecular weight is 278 g/mol. The van der Waals surface area contributed by atoms with Gasteiger partial charge >= 0.3 is 0 Å². The third-order valence-electron chi connectivity index (χ3n) is 3.16. The molecule has 2 aromatic carbocycles. The van der Waals surface area contributed by atoms with Crippen LogP contribution in [-0.2, 0) is 13.0 Å². The van der Waals surface area contributed by atoms with E-state index in [9.17, 15) is 4.39 Å². The monoisotopic (exact) mass is 277 g/mol. The van der Waals surface area contributed by atoms with Crippen LogP contribution >= 0.6 is 11.6 Å². The molecule has 19 heavy (non-hydrogen) atoms. The first kappa shape index (κ1) is 14.0. The van der Waals surface area contributed by atoms with E-state index in [0.29, 0.717) is 17.1 Å². The number of benzene rings is 2. The van der Waals surface area contributed by atoms with Crippen molar-refractivity contribution in [2.24, 2.45) is 0 Å². The van der Waals surface area contributed by atoms with Gasteiger partial charge in [0.15, 0.2) is 0 Å². The third-order valence-corrected chi connectivity index (χ3v) is 3.39. The molecule has 0 aliphatic rings. The molecule has 0 heterocycles. The van der Waals surface area contributed by atoms with E-state index < -0.39 is 0 Å². The Morgan fingerprint density at radius 3 is 2.68 bits per heavy atom. The van der Waals surface area contributed by atoms with Gasteiger partial charge < -0.3 is 5.32 Å². The SMILES string of the molecule is Cc1ccccc1CCNCc1cc(Cl)ccc1F. The van der Waals surface area contributed by atoms with Crippen molar-refractivity contribution in [2.45, 2.75) is 19.9 Å². The van der Waals surface area contributed by atoms with E-state index in [-0.39, 0.29) is 5.82 Å². The van der Waals surface area contributed by atoms with Gasteiger partial charge in [0.2, 0.25) is 0 Å². The van der Waals surface area contributed by atoms with Crippen LogP contribution in [0.25, 0.3) is 0 Å². The molecule has 0 saturated carbocycles. The highest BCUT2D eigenvalue weighted by Crippen LogP contribution is 2.14. The Labute approximate surface area is 118 Å². The fraction of sp³-hybridized carbons (Fsp3) is 0.250. The zero-order chi connectivity index (χ0) is 13.7. The van der Waals surface area contributed by atoms with E-state index in [1.54, 1.807) is 12.1 Å². The molecule has 2 aromatic rings. The van der Waals surface area contributed by atoms with Gasteiger partial charge in [-0.15, -0.1) is 0 Å².